The Morgan fingerprint density at radius 1 is 1.25 bits per heavy atom. The van der Waals surface area contributed by atoms with E-state index in [-0.39, 0.29) is 30.1 Å². The molecular formula is C20H25FN2O5. The molecule has 8 heteroatoms. The van der Waals surface area contributed by atoms with Gasteiger partial charge in [-0.2, -0.15) is 0 Å². The molecule has 0 aliphatic heterocycles. The van der Waals surface area contributed by atoms with Crippen LogP contribution in [0.25, 0.3) is 0 Å². The third-order valence-electron chi connectivity index (χ3n) is 4.82. The van der Waals surface area contributed by atoms with E-state index in [9.17, 15) is 23.6 Å². The van der Waals surface area contributed by atoms with Gasteiger partial charge in [0, 0.05) is 26.2 Å². The molecule has 0 unspecified atom stereocenters. The quantitative estimate of drug-likeness (QED) is 0.681. The van der Waals surface area contributed by atoms with Gasteiger partial charge < -0.3 is 15.4 Å². The molecule has 3 atom stereocenters. The average molecular weight is 392 g/mol. The third-order valence-corrected chi connectivity index (χ3v) is 4.82. The summed E-state index contributed by atoms with van der Waals surface area (Å²) < 4.78 is 18.8. The summed E-state index contributed by atoms with van der Waals surface area (Å²) in [5.74, 6) is -2.58. The lowest BCUT2D eigenvalue weighted by Gasteiger charge is -2.29. The Balaban J connectivity index is 2.18. The third kappa shape index (κ3) is 5.87. The zero-order chi connectivity index (χ0) is 20.7. The molecule has 0 spiro atoms. The van der Waals surface area contributed by atoms with Crippen LogP contribution in [0.3, 0.4) is 0 Å². The summed E-state index contributed by atoms with van der Waals surface area (Å²) in [5, 5.41) is 5.09. The van der Waals surface area contributed by atoms with Crippen molar-refractivity contribution in [1.82, 2.24) is 10.6 Å². The molecule has 1 aliphatic carbocycles. The summed E-state index contributed by atoms with van der Waals surface area (Å²) in [6.07, 6.45) is 1.80. The fraction of sp³-hybridized carbons (Fsp3) is 0.500. The number of rotatable bonds is 7. The monoisotopic (exact) mass is 392 g/mol. The van der Waals surface area contributed by atoms with Gasteiger partial charge in [0.25, 0.3) is 0 Å². The molecular weight excluding hydrogens is 367 g/mol. The number of halogens is 1. The lowest BCUT2D eigenvalue weighted by molar-refractivity contribution is -0.147. The first-order valence-corrected chi connectivity index (χ1v) is 9.22. The van der Waals surface area contributed by atoms with E-state index in [0.29, 0.717) is 19.3 Å². The maximum Gasteiger partial charge on any atom is 0.328 e. The normalized spacial score (nSPS) is 18.7. The first-order chi connectivity index (χ1) is 13.3. The molecule has 2 amide bonds. The van der Waals surface area contributed by atoms with E-state index in [1.54, 1.807) is 6.07 Å². The maximum absolute atomic E-state index is 14.0. The molecule has 0 heterocycles. The van der Waals surface area contributed by atoms with Gasteiger partial charge >= 0.3 is 5.97 Å². The van der Waals surface area contributed by atoms with Crippen molar-refractivity contribution in [3.8, 4) is 0 Å². The lowest BCUT2D eigenvalue weighted by atomic mass is 9.83. The van der Waals surface area contributed by atoms with E-state index in [1.807, 2.05) is 0 Å². The van der Waals surface area contributed by atoms with Crippen LogP contribution in [0.1, 0.15) is 38.2 Å². The number of carbonyl (C=O) groups is 4. The van der Waals surface area contributed by atoms with Gasteiger partial charge in [0.2, 0.25) is 11.8 Å². The van der Waals surface area contributed by atoms with Crippen molar-refractivity contribution >= 4 is 23.6 Å². The topological polar surface area (TPSA) is 102 Å². The van der Waals surface area contributed by atoms with Crippen LogP contribution in [0.4, 0.5) is 4.39 Å². The van der Waals surface area contributed by atoms with E-state index < -0.39 is 35.7 Å². The number of hydrogen-bond acceptors (Lipinski definition) is 5. The Kier molecular flexibility index (Phi) is 7.66. The van der Waals surface area contributed by atoms with Crippen LogP contribution in [0.2, 0.25) is 0 Å². The van der Waals surface area contributed by atoms with E-state index in [2.05, 4.69) is 10.6 Å². The molecule has 0 saturated heterocycles. The second kappa shape index (κ2) is 9.96. The summed E-state index contributed by atoms with van der Waals surface area (Å²) in [4.78, 5) is 48.3. The highest BCUT2D eigenvalue weighted by Gasteiger charge is 2.35. The van der Waals surface area contributed by atoms with Crippen LogP contribution in [-0.2, 0) is 30.3 Å². The average Bonchev–Trinajstić information content (AvgIpc) is 2.66. The number of Topliss-reactive ketones (excluding diaryl/α,β-unsaturated/α-hetero) is 1. The maximum atomic E-state index is 14.0. The smallest absolute Gasteiger partial charge is 0.328 e. The number of nitrogens with one attached hydrogen (secondary N) is 2. The molecule has 152 valence electrons. The second-order valence-corrected chi connectivity index (χ2v) is 6.95. The number of methoxy groups -OCH3 is 1. The van der Waals surface area contributed by atoms with Crippen LogP contribution in [-0.4, -0.2) is 42.8 Å². The number of hydrogen-bond donors (Lipinski definition) is 2. The largest absolute Gasteiger partial charge is 0.467 e. The minimum atomic E-state index is -1.07. The summed E-state index contributed by atoms with van der Waals surface area (Å²) in [7, 11) is 1.21. The van der Waals surface area contributed by atoms with Crippen LogP contribution in [0, 0.1) is 11.7 Å². The van der Waals surface area contributed by atoms with Crippen molar-refractivity contribution < 1.29 is 28.3 Å². The van der Waals surface area contributed by atoms with Crippen molar-refractivity contribution in [3.63, 3.8) is 0 Å². The number of carbonyl (C=O) groups excluding carboxylic acids is 4. The Labute approximate surface area is 163 Å². The molecule has 2 rings (SSSR count). The van der Waals surface area contributed by atoms with Gasteiger partial charge in [-0.3, -0.25) is 14.4 Å². The molecule has 1 aromatic carbocycles. The zero-order valence-corrected chi connectivity index (χ0v) is 16.0. The predicted molar refractivity (Wildman–Crippen MR) is 98.6 cm³/mol. The van der Waals surface area contributed by atoms with E-state index in [0.717, 1.165) is 0 Å². The van der Waals surface area contributed by atoms with E-state index in [1.165, 1.54) is 32.2 Å². The standard InChI is InChI=1S/C20H25FN2O5/c1-12(24)22-17(11-13-6-3-4-9-16(13)21)19(26)23-18(20(27)28-2)14-7-5-8-15(25)10-14/h3-4,6,9,14,17-18H,5,7-8,10-11H2,1-2H3,(H,22,24)(H,23,26)/t14-,17-,18-/m0/s1. The van der Waals surface area contributed by atoms with Gasteiger partial charge in [-0.05, 0) is 30.4 Å². The van der Waals surface area contributed by atoms with Crippen LogP contribution < -0.4 is 10.6 Å². The van der Waals surface area contributed by atoms with Gasteiger partial charge in [-0.15, -0.1) is 0 Å². The van der Waals surface area contributed by atoms with E-state index in [4.69, 9.17) is 4.74 Å². The molecule has 1 saturated carbocycles. The summed E-state index contributed by atoms with van der Waals surface area (Å²) >= 11 is 0. The Morgan fingerprint density at radius 3 is 2.57 bits per heavy atom. The second-order valence-electron chi connectivity index (χ2n) is 6.95. The van der Waals surface area contributed by atoms with Crippen LogP contribution in [0.15, 0.2) is 24.3 Å². The van der Waals surface area contributed by atoms with Gasteiger partial charge in [-0.1, -0.05) is 18.2 Å². The van der Waals surface area contributed by atoms with Crippen molar-refractivity contribution in [2.75, 3.05) is 7.11 Å². The minimum Gasteiger partial charge on any atom is -0.467 e. The van der Waals surface area contributed by atoms with Gasteiger partial charge in [0.15, 0.2) is 0 Å². The molecule has 2 N–H and O–H groups in total. The molecule has 0 bridgehead atoms. The Morgan fingerprint density at radius 2 is 1.96 bits per heavy atom. The van der Waals surface area contributed by atoms with Crippen LogP contribution in [0.5, 0.6) is 0 Å². The lowest BCUT2D eigenvalue weighted by Crippen LogP contribution is -2.55. The number of benzene rings is 1. The molecule has 1 aliphatic rings. The number of ketones is 1. The molecule has 1 aromatic rings. The molecule has 28 heavy (non-hydrogen) atoms. The summed E-state index contributed by atoms with van der Waals surface area (Å²) in [5.41, 5.74) is 0.263. The fourth-order valence-electron chi connectivity index (χ4n) is 3.43. The molecule has 0 radical (unpaired) electrons. The van der Waals surface area contributed by atoms with Gasteiger partial charge in [0.1, 0.15) is 23.7 Å². The predicted octanol–water partition coefficient (Wildman–Crippen LogP) is 1.29. The van der Waals surface area contributed by atoms with Gasteiger partial charge in [0.05, 0.1) is 7.11 Å². The van der Waals surface area contributed by atoms with Crippen molar-refractivity contribution in [1.29, 1.82) is 0 Å². The first kappa shape index (κ1) is 21.5. The highest BCUT2D eigenvalue weighted by atomic mass is 19.1. The number of amides is 2. The van der Waals surface area contributed by atoms with Crippen LogP contribution >= 0.6 is 0 Å². The Bertz CT molecular complexity index is 752. The number of esters is 1. The fourth-order valence-corrected chi connectivity index (χ4v) is 3.43. The SMILES string of the molecule is COC(=O)[C@@H](NC(=O)[C@H](Cc1ccccc1F)NC(C)=O)[C@H]1CCCC(=O)C1. The van der Waals surface area contributed by atoms with E-state index >= 15 is 0 Å². The Hall–Kier alpha value is -2.77. The van der Waals surface area contributed by atoms with Crippen molar-refractivity contribution in [3.05, 3.63) is 35.6 Å². The highest BCUT2D eigenvalue weighted by Crippen LogP contribution is 2.25. The molecule has 7 nitrogen and oxygen atoms in total. The summed E-state index contributed by atoms with van der Waals surface area (Å²) in [6.45, 7) is 1.25. The van der Waals surface area contributed by atoms with Gasteiger partial charge in [-0.25, -0.2) is 9.18 Å². The molecule has 1 fully saturated rings. The summed E-state index contributed by atoms with van der Waals surface area (Å²) in [6, 6.07) is 3.88. The van der Waals surface area contributed by atoms with Crippen molar-refractivity contribution in [2.45, 2.75) is 51.1 Å². The van der Waals surface area contributed by atoms with Crippen molar-refractivity contribution in [2.24, 2.45) is 5.92 Å². The first-order valence-electron chi connectivity index (χ1n) is 9.22. The molecule has 0 aromatic heterocycles. The number of ether oxygens (including phenoxy) is 1. The zero-order valence-electron chi connectivity index (χ0n) is 16.0. The minimum absolute atomic E-state index is 0.0316. The highest BCUT2D eigenvalue weighted by molar-refractivity contribution is 5.91.